The summed E-state index contributed by atoms with van der Waals surface area (Å²) in [6.45, 7) is -0.999. The van der Waals surface area contributed by atoms with E-state index in [0.29, 0.717) is 4.68 Å². The number of carbonyl (C=O) groups excluding carboxylic acids is 1. The standard InChI is InChI=1S/C19H16B2F4N6O2/c20-18(21)8-30(3-4-33-10-18)17(32)13-6-14-12(7-27-13)16(29-31(14)9-19(23,24)25)28-15-5-11(22)1-2-26-15/h1-2,5-7H,3-4,8-10H2,(H,26,28,29). The van der Waals surface area contributed by atoms with E-state index in [1.165, 1.54) is 23.4 Å². The highest BCUT2D eigenvalue weighted by Crippen LogP contribution is 2.29. The molecule has 1 N–H and O–H groups in total. The molecule has 0 bridgehead atoms. The quantitative estimate of drug-likeness (QED) is 0.477. The Morgan fingerprint density at radius 3 is 2.79 bits per heavy atom. The van der Waals surface area contributed by atoms with Gasteiger partial charge in [-0.25, -0.2) is 9.37 Å². The minimum atomic E-state index is -4.58. The number of nitrogens with zero attached hydrogens (tertiary/aromatic N) is 5. The Morgan fingerprint density at radius 2 is 2.06 bits per heavy atom. The van der Waals surface area contributed by atoms with E-state index >= 15 is 0 Å². The molecule has 0 saturated carbocycles. The molecule has 1 saturated heterocycles. The van der Waals surface area contributed by atoms with Crippen LogP contribution in [-0.4, -0.2) is 78.7 Å². The van der Waals surface area contributed by atoms with Crippen LogP contribution in [0.5, 0.6) is 0 Å². The number of hydrogen-bond acceptors (Lipinski definition) is 6. The summed E-state index contributed by atoms with van der Waals surface area (Å²) in [5, 5.41) is 5.55. The lowest BCUT2D eigenvalue weighted by molar-refractivity contribution is -0.141. The minimum Gasteiger partial charge on any atom is -0.380 e. The van der Waals surface area contributed by atoms with Crippen LogP contribution in [0.25, 0.3) is 10.9 Å². The molecule has 1 aliphatic heterocycles. The van der Waals surface area contributed by atoms with Crippen molar-refractivity contribution in [3.8, 4) is 0 Å². The van der Waals surface area contributed by atoms with Crippen molar-refractivity contribution < 1.29 is 27.1 Å². The Hall–Kier alpha value is -3.15. The van der Waals surface area contributed by atoms with Gasteiger partial charge in [0.2, 0.25) is 0 Å². The zero-order chi connectivity index (χ0) is 23.8. The Labute approximate surface area is 188 Å². The van der Waals surface area contributed by atoms with E-state index in [1.54, 1.807) is 0 Å². The molecule has 4 rings (SSSR count). The molecule has 168 valence electrons. The van der Waals surface area contributed by atoms with Crippen molar-refractivity contribution in [2.24, 2.45) is 0 Å². The molecule has 3 aromatic heterocycles. The van der Waals surface area contributed by atoms with E-state index in [9.17, 15) is 22.4 Å². The van der Waals surface area contributed by atoms with Gasteiger partial charge < -0.3 is 15.0 Å². The van der Waals surface area contributed by atoms with Crippen molar-refractivity contribution >= 4 is 44.1 Å². The molecule has 0 aliphatic carbocycles. The lowest BCUT2D eigenvalue weighted by atomic mass is 9.55. The van der Waals surface area contributed by atoms with Gasteiger partial charge in [-0.2, -0.15) is 18.3 Å². The normalized spacial score (nSPS) is 16.5. The number of amides is 1. The zero-order valence-corrected chi connectivity index (χ0v) is 17.1. The molecule has 33 heavy (non-hydrogen) atoms. The van der Waals surface area contributed by atoms with E-state index in [4.69, 9.17) is 20.4 Å². The predicted molar refractivity (Wildman–Crippen MR) is 112 cm³/mol. The van der Waals surface area contributed by atoms with Gasteiger partial charge in [-0.05, 0) is 12.1 Å². The fraction of sp³-hybridized carbons (Fsp3) is 0.368. The lowest BCUT2D eigenvalue weighted by Gasteiger charge is -2.29. The van der Waals surface area contributed by atoms with Crippen molar-refractivity contribution in [1.82, 2.24) is 24.6 Å². The summed E-state index contributed by atoms with van der Waals surface area (Å²) in [5.74, 6) is -1.14. The van der Waals surface area contributed by atoms with Gasteiger partial charge in [0.25, 0.3) is 5.91 Å². The third kappa shape index (κ3) is 5.44. The van der Waals surface area contributed by atoms with E-state index < -0.39 is 29.7 Å². The van der Waals surface area contributed by atoms with Gasteiger partial charge in [0.1, 0.15) is 23.9 Å². The summed E-state index contributed by atoms with van der Waals surface area (Å²) in [6.07, 6.45) is -2.17. The molecule has 4 radical (unpaired) electrons. The number of fused-ring (bicyclic) bond motifs is 1. The van der Waals surface area contributed by atoms with Crippen molar-refractivity contribution in [1.29, 1.82) is 0 Å². The van der Waals surface area contributed by atoms with Crippen LogP contribution >= 0.6 is 0 Å². The van der Waals surface area contributed by atoms with Crippen molar-refractivity contribution in [2.45, 2.75) is 17.9 Å². The summed E-state index contributed by atoms with van der Waals surface area (Å²) in [5.41, 5.74) is -0.110. The number of pyridine rings is 2. The van der Waals surface area contributed by atoms with Crippen molar-refractivity contribution in [3.63, 3.8) is 0 Å². The fourth-order valence-corrected chi connectivity index (χ4v) is 3.42. The summed E-state index contributed by atoms with van der Waals surface area (Å²) in [4.78, 5) is 22.4. The second-order valence-electron chi connectivity index (χ2n) is 7.70. The van der Waals surface area contributed by atoms with Crippen LogP contribution in [0.3, 0.4) is 0 Å². The van der Waals surface area contributed by atoms with Gasteiger partial charge in [-0.1, -0.05) is 5.21 Å². The second kappa shape index (κ2) is 8.65. The van der Waals surface area contributed by atoms with Crippen LogP contribution in [-0.2, 0) is 11.3 Å². The van der Waals surface area contributed by atoms with Crippen LogP contribution in [0.15, 0.2) is 30.6 Å². The van der Waals surface area contributed by atoms with Gasteiger partial charge in [0.15, 0.2) is 5.82 Å². The average molecular weight is 458 g/mol. The minimum absolute atomic E-state index is 0.00223. The van der Waals surface area contributed by atoms with Crippen LogP contribution in [0.1, 0.15) is 10.5 Å². The number of rotatable bonds is 4. The van der Waals surface area contributed by atoms with Crippen LogP contribution in [0, 0.1) is 5.82 Å². The van der Waals surface area contributed by atoms with Crippen molar-refractivity contribution in [2.75, 3.05) is 31.6 Å². The van der Waals surface area contributed by atoms with E-state index in [-0.39, 0.29) is 54.5 Å². The highest BCUT2D eigenvalue weighted by molar-refractivity contribution is 6.40. The van der Waals surface area contributed by atoms with Crippen molar-refractivity contribution in [3.05, 3.63) is 42.1 Å². The molecule has 1 amide bonds. The molecule has 14 heteroatoms. The number of halogens is 4. The third-order valence-electron chi connectivity index (χ3n) is 4.80. The molecule has 0 unspecified atom stereocenters. The summed E-state index contributed by atoms with van der Waals surface area (Å²) >= 11 is 0. The topological polar surface area (TPSA) is 85.2 Å². The molecule has 0 spiro atoms. The molecular weight excluding hydrogens is 442 g/mol. The molecular formula is C19H16B2F4N6O2. The Kier molecular flexibility index (Phi) is 6.04. The fourth-order valence-electron chi connectivity index (χ4n) is 3.42. The smallest absolute Gasteiger partial charge is 0.380 e. The molecule has 1 fully saturated rings. The first-order chi connectivity index (χ1) is 15.5. The average Bonchev–Trinajstić information content (AvgIpc) is 2.92. The van der Waals surface area contributed by atoms with Crippen LogP contribution < -0.4 is 5.32 Å². The number of ether oxygens (including phenoxy) is 1. The highest BCUT2D eigenvalue weighted by atomic mass is 19.4. The largest absolute Gasteiger partial charge is 0.408 e. The van der Waals surface area contributed by atoms with Gasteiger partial charge in [0, 0.05) is 38.2 Å². The maximum atomic E-state index is 13.5. The summed E-state index contributed by atoms with van der Waals surface area (Å²) in [7, 11) is 11.8. The highest BCUT2D eigenvalue weighted by Gasteiger charge is 2.32. The number of aromatic nitrogens is 4. The first kappa shape index (κ1) is 23.0. The molecule has 0 atom stereocenters. The maximum absolute atomic E-state index is 13.5. The SMILES string of the molecule is [B]C1([B])COCCN(C(=O)c2cc3c(cn2)c(Nc2cc(F)ccn2)nn3CC(F)(F)F)C1. The Morgan fingerprint density at radius 1 is 1.27 bits per heavy atom. The van der Waals surface area contributed by atoms with Gasteiger partial charge in [-0.3, -0.25) is 14.5 Å². The predicted octanol–water partition coefficient (Wildman–Crippen LogP) is 2.20. The van der Waals surface area contributed by atoms with Crippen LogP contribution in [0.4, 0.5) is 29.2 Å². The number of anilines is 2. The summed E-state index contributed by atoms with van der Waals surface area (Å²) in [6, 6.07) is 3.39. The monoisotopic (exact) mass is 458 g/mol. The molecule has 4 heterocycles. The third-order valence-corrected chi connectivity index (χ3v) is 4.80. The first-order valence-corrected chi connectivity index (χ1v) is 9.77. The van der Waals surface area contributed by atoms with Gasteiger partial charge in [0.05, 0.1) is 33.2 Å². The van der Waals surface area contributed by atoms with Gasteiger partial charge >= 0.3 is 6.18 Å². The number of nitrogens with one attached hydrogen (secondary N) is 1. The zero-order valence-electron chi connectivity index (χ0n) is 17.1. The number of carbonyl (C=O) groups is 1. The number of alkyl halides is 3. The van der Waals surface area contributed by atoms with E-state index in [1.807, 2.05) is 0 Å². The van der Waals surface area contributed by atoms with E-state index in [0.717, 1.165) is 12.1 Å². The molecule has 8 nitrogen and oxygen atoms in total. The maximum Gasteiger partial charge on any atom is 0.408 e. The molecule has 1 aliphatic rings. The van der Waals surface area contributed by atoms with Crippen LogP contribution in [0.2, 0.25) is 5.21 Å². The van der Waals surface area contributed by atoms with Gasteiger partial charge in [-0.15, -0.1) is 0 Å². The lowest BCUT2D eigenvalue weighted by Crippen LogP contribution is -2.39. The number of hydrogen-bond donors (Lipinski definition) is 1. The molecule has 3 aromatic rings. The Bertz CT molecular complexity index is 1190. The summed E-state index contributed by atoms with van der Waals surface area (Å²) < 4.78 is 59.0. The Balaban J connectivity index is 1.72. The molecule has 0 aromatic carbocycles. The first-order valence-electron chi connectivity index (χ1n) is 9.77. The second-order valence-corrected chi connectivity index (χ2v) is 7.70. The van der Waals surface area contributed by atoms with E-state index in [2.05, 4.69) is 20.4 Å².